The van der Waals surface area contributed by atoms with E-state index in [4.69, 9.17) is 19.0 Å². The molecular formula is C10H27N3O3Si. The zero-order chi connectivity index (χ0) is 13.1. The Labute approximate surface area is 106 Å². The zero-order valence-corrected chi connectivity index (χ0v) is 12.4. The van der Waals surface area contributed by atoms with Crippen LogP contribution in [0, 0.1) is 0 Å². The molecule has 7 heteroatoms. The van der Waals surface area contributed by atoms with Crippen LogP contribution in [-0.4, -0.2) is 62.9 Å². The summed E-state index contributed by atoms with van der Waals surface area (Å²) in [4.78, 5) is 0. The highest BCUT2D eigenvalue weighted by Crippen LogP contribution is 2.22. The molecule has 0 saturated heterocycles. The molecule has 0 aromatic rings. The predicted octanol–water partition coefficient (Wildman–Crippen LogP) is -0.607. The number of hydrogen-bond donors (Lipinski definition) is 3. The summed E-state index contributed by atoms with van der Waals surface area (Å²) in [6.45, 7) is 6.21. The van der Waals surface area contributed by atoms with Gasteiger partial charge in [-0.25, -0.2) is 0 Å². The first-order valence-electron chi connectivity index (χ1n) is 5.93. The van der Waals surface area contributed by atoms with E-state index in [9.17, 15) is 0 Å². The van der Waals surface area contributed by atoms with Gasteiger partial charge < -0.3 is 29.6 Å². The van der Waals surface area contributed by atoms with Crippen LogP contribution in [0.15, 0.2) is 0 Å². The van der Waals surface area contributed by atoms with Crippen molar-refractivity contribution in [2.45, 2.75) is 12.5 Å². The summed E-state index contributed by atoms with van der Waals surface area (Å²) in [7, 11) is 2.41. The molecule has 104 valence electrons. The molecule has 17 heavy (non-hydrogen) atoms. The lowest BCUT2D eigenvalue weighted by atomic mass is 10.4. The molecule has 1 unspecified atom stereocenters. The summed E-state index contributed by atoms with van der Waals surface area (Å²) >= 11 is 0. The van der Waals surface area contributed by atoms with Gasteiger partial charge in [-0.15, -0.1) is 0 Å². The number of hydrogen-bond acceptors (Lipinski definition) is 6. The second-order valence-corrected chi connectivity index (χ2v) is 7.28. The quantitative estimate of drug-likeness (QED) is 0.342. The van der Waals surface area contributed by atoms with E-state index in [1.54, 1.807) is 21.3 Å². The molecule has 0 aromatic heterocycles. The first-order chi connectivity index (χ1) is 8.16. The summed E-state index contributed by atoms with van der Waals surface area (Å²) < 4.78 is 16.2. The van der Waals surface area contributed by atoms with E-state index in [0.29, 0.717) is 6.54 Å². The second-order valence-electron chi connectivity index (χ2n) is 3.86. The maximum Gasteiger partial charge on any atom is 0.504 e. The Balaban J connectivity index is 3.79. The molecule has 0 rings (SSSR count). The molecule has 0 aliphatic rings. The van der Waals surface area contributed by atoms with Crippen LogP contribution < -0.4 is 16.4 Å². The molecule has 0 saturated carbocycles. The van der Waals surface area contributed by atoms with Crippen molar-refractivity contribution >= 4 is 8.80 Å². The molecule has 4 N–H and O–H groups in total. The lowest BCUT2D eigenvalue weighted by Gasteiger charge is -2.30. The lowest BCUT2D eigenvalue weighted by Crippen LogP contribution is -2.50. The highest BCUT2D eigenvalue weighted by Gasteiger charge is 2.44. The van der Waals surface area contributed by atoms with Crippen LogP contribution in [0.5, 0.6) is 0 Å². The first-order valence-corrected chi connectivity index (χ1v) is 7.74. The Morgan fingerprint density at radius 2 is 1.53 bits per heavy atom. The Bertz CT molecular complexity index is 174. The van der Waals surface area contributed by atoms with E-state index in [1.165, 1.54) is 0 Å². The van der Waals surface area contributed by atoms with Gasteiger partial charge in [0.25, 0.3) is 0 Å². The van der Waals surface area contributed by atoms with E-state index in [2.05, 4.69) is 17.6 Å². The molecular weight excluding hydrogens is 238 g/mol. The summed E-state index contributed by atoms with van der Waals surface area (Å²) in [6.07, 6.45) is 0. The molecule has 0 spiro atoms. The smallest absolute Gasteiger partial charge is 0.377 e. The molecule has 1 atom stereocenters. The normalized spacial score (nSPS) is 13.9. The van der Waals surface area contributed by atoms with Crippen molar-refractivity contribution in [3.8, 4) is 0 Å². The monoisotopic (exact) mass is 265 g/mol. The fourth-order valence-corrected chi connectivity index (χ4v) is 3.80. The molecule has 0 heterocycles. The average Bonchev–Trinajstić information content (AvgIpc) is 2.36. The van der Waals surface area contributed by atoms with Crippen LogP contribution in [-0.2, 0) is 13.3 Å². The first kappa shape index (κ1) is 17.0. The van der Waals surface area contributed by atoms with Gasteiger partial charge in [0.1, 0.15) is 0 Å². The minimum Gasteiger partial charge on any atom is -0.377 e. The van der Waals surface area contributed by atoms with Gasteiger partial charge in [0.15, 0.2) is 0 Å². The molecule has 0 aliphatic heterocycles. The van der Waals surface area contributed by atoms with Crippen molar-refractivity contribution in [1.29, 1.82) is 0 Å². The van der Waals surface area contributed by atoms with Crippen molar-refractivity contribution in [2.24, 2.45) is 5.73 Å². The number of nitrogens with two attached hydrogens (primary N) is 1. The van der Waals surface area contributed by atoms with Crippen LogP contribution in [0.1, 0.15) is 6.92 Å². The summed E-state index contributed by atoms with van der Waals surface area (Å²) in [5, 5.41) is 6.56. The highest BCUT2D eigenvalue weighted by molar-refractivity contribution is 6.62. The molecule has 0 bridgehead atoms. The van der Waals surface area contributed by atoms with Crippen molar-refractivity contribution < 1.29 is 13.3 Å². The molecule has 0 fully saturated rings. The molecule has 0 radical (unpaired) electrons. The Morgan fingerprint density at radius 3 is 2.00 bits per heavy atom. The third-order valence-electron chi connectivity index (χ3n) is 2.71. The SMILES string of the molecule is CO[Si](OC)(OC)C(C)CNCCNCCN. The largest absolute Gasteiger partial charge is 0.504 e. The van der Waals surface area contributed by atoms with Crippen LogP contribution in [0.4, 0.5) is 0 Å². The van der Waals surface area contributed by atoms with Gasteiger partial charge in [0.05, 0.1) is 0 Å². The summed E-state index contributed by atoms with van der Waals surface area (Å²) in [5.74, 6) is 0. The lowest BCUT2D eigenvalue weighted by molar-refractivity contribution is 0.113. The summed E-state index contributed by atoms with van der Waals surface area (Å²) in [6, 6.07) is 0. The van der Waals surface area contributed by atoms with Gasteiger partial charge in [-0.3, -0.25) is 0 Å². The summed E-state index contributed by atoms with van der Waals surface area (Å²) in [5.41, 5.74) is 5.60. The van der Waals surface area contributed by atoms with Gasteiger partial charge in [0, 0.05) is 59.6 Å². The third-order valence-corrected chi connectivity index (χ3v) is 5.83. The van der Waals surface area contributed by atoms with E-state index in [-0.39, 0.29) is 5.54 Å². The Hall–Kier alpha value is -0.0231. The van der Waals surface area contributed by atoms with Gasteiger partial charge in [-0.2, -0.15) is 0 Å². The van der Waals surface area contributed by atoms with E-state index in [1.807, 2.05) is 0 Å². The number of nitrogens with one attached hydrogen (secondary N) is 2. The van der Waals surface area contributed by atoms with E-state index < -0.39 is 8.80 Å². The van der Waals surface area contributed by atoms with Gasteiger partial charge in [-0.05, 0) is 0 Å². The van der Waals surface area contributed by atoms with Crippen molar-refractivity contribution in [3.05, 3.63) is 0 Å². The van der Waals surface area contributed by atoms with Crippen LogP contribution >= 0.6 is 0 Å². The Kier molecular flexibility index (Phi) is 9.94. The Morgan fingerprint density at radius 1 is 1.00 bits per heavy atom. The fourth-order valence-electron chi connectivity index (χ4n) is 1.70. The molecule has 0 aromatic carbocycles. The third kappa shape index (κ3) is 5.91. The fraction of sp³-hybridized carbons (Fsp3) is 1.00. The standard InChI is InChI=1S/C10H27N3O3Si/c1-10(17(14-2,15-3)16-4)9-13-8-7-12-6-5-11/h10,12-13H,5-9,11H2,1-4H3. The van der Waals surface area contributed by atoms with Crippen LogP contribution in [0.3, 0.4) is 0 Å². The zero-order valence-electron chi connectivity index (χ0n) is 11.4. The van der Waals surface area contributed by atoms with Crippen LogP contribution in [0.25, 0.3) is 0 Å². The van der Waals surface area contributed by atoms with Crippen molar-refractivity contribution in [1.82, 2.24) is 10.6 Å². The van der Waals surface area contributed by atoms with Crippen molar-refractivity contribution in [3.63, 3.8) is 0 Å². The minimum absolute atomic E-state index is 0.219. The predicted molar refractivity (Wildman–Crippen MR) is 71.0 cm³/mol. The highest BCUT2D eigenvalue weighted by atomic mass is 28.4. The average molecular weight is 265 g/mol. The van der Waals surface area contributed by atoms with Gasteiger partial charge in [0.2, 0.25) is 0 Å². The van der Waals surface area contributed by atoms with Crippen LogP contribution in [0.2, 0.25) is 5.54 Å². The molecule has 0 amide bonds. The maximum atomic E-state index is 5.42. The minimum atomic E-state index is -2.50. The maximum absolute atomic E-state index is 5.42. The van der Waals surface area contributed by atoms with E-state index in [0.717, 1.165) is 26.2 Å². The topological polar surface area (TPSA) is 77.8 Å². The van der Waals surface area contributed by atoms with Crippen molar-refractivity contribution in [2.75, 3.05) is 54.1 Å². The second kappa shape index (κ2) is 9.95. The number of rotatable bonds is 11. The molecule has 6 nitrogen and oxygen atoms in total. The molecule has 0 aliphatic carbocycles. The van der Waals surface area contributed by atoms with Gasteiger partial charge >= 0.3 is 8.80 Å². The van der Waals surface area contributed by atoms with E-state index >= 15 is 0 Å². The van der Waals surface area contributed by atoms with Gasteiger partial charge in [-0.1, -0.05) is 6.92 Å².